The van der Waals surface area contributed by atoms with Gasteiger partial charge >= 0.3 is 5.97 Å². The minimum atomic E-state index is -1.54. The molecule has 2 N–H and O–H groups in total. The molecule has 0 spiro atoms. The van der Waals surface area contributed by atoms with Gasteiger partial charge in [-0.05, 0) is 38.1 Å². The smallest absolute Gasteiger partial charge is 0.331 e. The fourth-order valence-electron chi connectivity index (χ4n) is 2.21. The van der Waals surface area contributed by atoms with Crippen molar-refractivity contribution in [3.8, 4) is 5.69 Å². The second-order valence-electron chi connectivity index (χ2n) is 5.59. The van der Waals surface area contributed by atoms with Crippen molar-refractivity contribution in [2.75, 3.05) is 13.7 Å². The van der Waals surface area contributed by atoms with E-state index in [1.807, 2.05) is 0 Å². The molecule has 1 heterocycles. The van der Waals surface area contributed by atoms with Crippen LogP contribution in [-0.2, 0) is 9.53 Å². The van der Waals surface area contributed by atoms with Crippen LogP contribution in [-0.4, -0.2) is 46.0 Å². The van der Waals surface area contributed by atoms with Crippen molar-refractivity contribution in [1.82, 2.24) is 15.1 Å². The van der Waals surface area contributed by atoms with E-state index < -0.39 is 17.4 Å². The SMILES string of the molecule is COCC(C)(NC(=O)c1cc(C)n(-c2cccc(Cl)c2)n1)C(=O)O. The number of nitrogens with one attached hydrogen (secondary N) is 1. The third kappa shape index (κ3) is 3.74. The second-order valence-corrected chi connectivity index (χ2v) is 6.02. The lowest BCUT2D eigenvalue weighted by Crippen LogP contribution is -2.55. The van der Waals surface area contributed by atoms with Gasteiger partial charge in [-0.1, -0.05) is 17.7 Å². The molecule has 0 aliphatic heterocycles. The van der Waals surface area contributed by atoms with E-state index in [9.17, 15) is 14.7 Å². The van der Waals surface area contributed by atoms with Crippen LogP contribution < -0.4 is 5.32 Å². The van der Waals surface area contributed by atoms with E-state index in [1.165, 1.54) is 14.0 Å². The van der Waals surface area contributed by atoms with Crippen molar-refractivity contribution < 1.29 is 19.4 Å². The van der Waals surface area contributed by atoms with Gasteiger partial charge in [-0.2, -0.15) is 5.10 Å². The number of carbonyl (C=O) groups is 2. The summed E-state index contributed by atoms with van der Waals surface area (Å²) in [5, 5.41) is 16.5. The van der Waals surface area contributed by atoms with E-state index in [0.717, 1.165) is 0 Å². The van der Waals surface area contributed by atoms with E-state index >= 15 is 0 Å². The molecule has 8 heteroatoms. The van der Waals surface area contributed by atoms with Crippen LogP contribution in [0.4, 0.5) is 0 Å². The summed E-state index contributed by atoms with van der Waals surface area (Å²) in [5.74, 6) is -1.79. The second kappa shape index (κ2) is 7.02. The number of aryl methyl sites for hydroxylation is 1. The Kier molecular flexibility index (Phi) is 5.26. The Morgan fingerprint density at radius 1 is 1.42 bits per heavy atom. The van der Waals surface area contributed by atoms with Gasteiger partial charge in [0.15, 0.2) is 11.2 Å². The topological polar surface area (TPSA) is 93.5 Å². The first-order chi connectivity index (χ1) is 11.3. The number of rotatable bonds is 6. The molecule has 24 heavy (non-hydrogen) atoms. The quantitative estimate of drug-likeness (QED) is 0.830. The molecule has 1 unspecified atom stereocenters. The van der Waals surface area contributed by atoms with Gasteiger partial charge in [-0.3, -0.25) is 4.79 Å². The molecule has 1 aromatic heterocycles. The molecule has 0 aliphatic rings. The average Bonchev–Trinajstić information content (AvgIpc) is 2.89. The lowest BCUT2D eigenvalue weighted by Gasteiger charge is -2.24. The Balaban J connectivity index is 2.29. The standard InChI is InChI=1S/C16H18ClN3O4/c1-10-7-13(14(21)18-16(2,9-24-3)15(22)23)19-20(10)12-6-4-5-11(17)8-12/h4-8H,9H2,1-3H3,(H,18,21)(H,22,23). The van der Waals surface area contributed by atoms with Crippen molar-refractivity contribution in [2.45, 2.75) is 19.4 Å². The van der Waals surface area contributed by atoms with Crippen LogP contribution in [0.25, 0.3) is 5.69 Å². The normalized spacial score (nSPS) is 13.3. The van der Waals surface area contributed by atoms with Gasteiger partial charge in [0.1, 0.15) is 0 Å². The predicted octanol–water partition coefficient (Wildman–Crippen LogP) is 2.05. The Bertz CT molecular complexity index is 774. The maximum absolute atomic E-state index is 12.4. The number of carboxylic acids is 1. The van der Waals surface area contributed by atoms with E-state index in [-0.39, 0.29) is 12.3 Å². The van der Waals surface area contributed by atoms with Crippen LogP contribution in [0.3, 0.4) is 0 Å². The van der Waals surface area contributed by atoms with Crippen molar-refractivity contribution in [3.05, 3.63) is 46.7 Å². The van der Waals surface area contributed by atoms with Gasteiger partial charge < -0.3 is 15.2 Å². The fourth-order valence-corrected chi connectivity index (χ4v) is 2.39. The highest BCUT2D eigenvalue weighted by Gasteiger charge is 2.36. The first-order valence-corrected chi connectivity index (χ1v) is 7.52. The Morgan fingerprint density at radius 3 is 2.71 bits per heavy atom. The lowest BCUT2D eigenvalue weighted by atomic mass is 10.0. The zero-order valence-corrected chi connectivity index (χ0v) is 14.3. The maximum Gasteiger partial charge on any atom is 0.331 e. The minimum Gasteiger partial charge on any atom is -0.479 e. The third-order valence-corrected chi connectivity index (χ3v) is 3.70. The molecule has 1 atom stereocenters. The van der Waals surface area contributed by atoms with Crippen molar-refractivity contribution >= 4 is 23.5 Å². The van der Waals surface area contributed by atoms with Gasteiger partial charge in [0.05, 0.1) is 12.3 Å². The summed E-state index contributed by atoms with van der Waals surface area (Å²) in [7, 11) is 1.37. The molecule has 0 aliphatic carbocycles. The summed E-state index contributed by atoms with van der Waals surface area (Å²) < 4.78 is 6.45. The maximum atomic E-state index is 12.4. The molecule has 2 aromatic rings. The van der Waals surface area contributed by atoms with Crippen molar-refractivity contribution in [2.24, 2.45) is 0 Å². The zero-order valence-electron chi connectivity index (χ0n) is 13.5. The number of amides is 1. The number of carbonyl (C=O) groups excluding carboxylic acids is 1. The largest absolute Gasteiger partial charge is 0.479 e. The summed E-state index contributed by atoms with van der Waals surface area (Å²) in [5.41, 5.74) is -0.0151. The molecule has 0 fully saturated rings. The summed E-state index contributed by atoms with van der Waals surface area (Å²) in [4.78, 5) is 23.7. The van der Waals surface area contributed by atoms with Gasteiger partial charge in [0.25, 0.3) is 5.91 Å². The number of hydrogen-bond acceptors (Lipinski definition) is 4. The summed E-state index contributed by atoms with van der Waals surface area (Å²) in [6, 6.07) is 8.61. The number of aromatic nitrogens is 2. The van der Waals surface area contributed by atoms with Crippen LogP contribution in [0.1, 0.15) is 23.1 Å². The highest BCUT2D eigenvalue weighted by Crippen LogP contribution is 2.17. The lowest BCUT2D eigenvalue weighted by molar-refractivity contribution is -0.145. The Hall–Kier alpha value is -2.38. The molecule has 0 radical (unpaired) electrons. The van der Waals surface area contributed by atoms with E-state index in [4.69, 9.17) is 16.3 Å². The predicted molar refractivity (Wildman–Crippen MR) is 88.7 cm³/mol. The fraction of sp³-hybridized carbons (Fsp3) is 0.312. The van der Waals surface area contributed by atoms with Gasteiger partial charge in [0, 0.05) is 17.8 Å². The number of ether oxygens (including phenoxy) is 1. The van der Waals surface area contributed by atoms with Crippen LogP contribution >= 0.6 is 11.6 Å². The molecule has 128 valence electrons. The third-order valence-electron chi connectivity index (χ3n) is 3.47. The molecule has 0 bridgehead atoms. The Labute approximate surface area is 144 Å². The van der Waals surface area contributed by atoms with Crippen molar-refractivity contribution in [3.63, 3.8) is 0 Å². The number of halogens is 1. The van der Waals surface area contributed by atoms with Gasteiger partial charge in [-0.25, -0.2) is 9.48 Å². The van der Waals surface area contributed by atoms with E-state index in [1.54, 1.807) is 41.9 Å². The molecule has 0 saturated carbocycles. The molecule has 7 nitrogen and oxygen atoms in total. The molecule has 2 rings (SSSR count). The monoisotopic (exact) mass is 351 g/mol. The van der Waals surface area contributed by atoms with E-state index in [2.05, 4.69) is 10.4 Å². The first kappa shape index (κ1) is 18.0. The highest BCUT2D eigenvalue weighted by molar-refractivity contribution is 6.30. The minimum absolute atomic E-state index is 0.107. The van der Waals surface area contributed by atoms with Crippen molar-refractivity contribution in [1.29, 1.82) is 0 Å². The average molecular weight is 352 g/mol. The number of methoxy groups -OCH3 is 1. The van der Waals surface area contributed by atoms with Crippen LogP contribution in [0.15, 0.2) is 30.3 Å². The van der Waals surface area contributed by atoms with E-state index in [0.29, 0.717) is 16.4 Å². The van der Waals surface area contributed by atoms with Crippen LogP contribution in [0.5, 0.6) is 0 Å². The number of benzene rings is 1. The summed E-state index contributed by atoms with van der Waals surface area (Å²) in [6.07, 6.45) is 0. The number of hydrogen-bond donors (Lipinski definition) is 2. The van der Waals surface area contributed by atoms with Gasteiger partial charge in [-0.15, -0.1) is 0 Å². The Morgan fingerprint density at radius 2 is 2.12 bits per heavy atom. The number of nitrogens with zero attached hydrogens (tertiary/aromatic N) is 2. The van der Waals surface area contributed by atoms with Gasteiger partial charge in [0.2, 0.25) is 0 Å². The number of carboxylic acid groups (broad SMARTS) is 1. The summed E-state index contributed by atoms with van der Waals surface area (Å²) >= 11 is 5.97. The first-order valence-electron chi connectivity index (χ1n) is 7.14. The molecule has 0 saturated heterocycles. The molecular formula is C16H18ClN3O4. The van der Waals surface area contributed by atoms with Crippen LogP contribution in [0.2, 0.25) is 5.02 Å². The number of aliphatic carboxylic acids is 1. The molecular weight excluding hydrogens is 334 g/mol. The summed E-state index contributed by atoms with van der Waals surface area (Å²) in [6.45, 7) is 3.00. The zero-order chi connectivity index (χ0) is 17.9. The molecule has 1 aromatic carbocycles. The molecule has 1 amide bonds. The van der Waals surface area contributed by atoms with Crippen LogP contribution in [0, 0.1) is 6.92 Å². The highest BCUT2D eigenvalue weighted by atomic mass is 35.5.